The van der Waals surface area contributed by atoms with Crippen molar-refractivity contribution in [1.82, 2.24) is 20.4 Å². The van der Waals surface area contributed by atoms with Crippen LogP contribution in [0.2, 0.25) is 0 Å². The lowest BCUT2D eigenvalue weighted by Gasteiger charge is -2.18. The number of carbonyl (C=O) groups is 2. The fourth-order valence-electron chi connectivity index (χ4n) is 1.52. The van der Waals surface area contributed by atoms with Crippen molar-refractivity contribution in [3.63, 3.8) is 0 Å². The summed E-state index contributed by atoms with van der Waals surface area (Å²) in [6, 6.07) is 0.965. The van der Waals surface area contributed by atoms with Gasteiger partial charge in [-0.15, -0.1) is 0 Å². The number of rotatable bonds is 7. The third-order valence-electron chi connectivity index (χ3n) is 2.37. The Morgan fingerprint density at radius 3 is 2.72 bits per heavy atom. The smallest absolute Gasteiger partial charge is 0.327 e. The van der Waals surface area contributed by atoms with E-state index in [2.05, 4.69) is 15.7 Å². The monoisotopic (exact) mass is 254 g/mol. The van der Waals surface area contributed by atoms with Gasteiger partial charge in [-0.2, -0.15) is 5.10 Å². The van der Waals surface area contributed by atoms with Crippen LogP contribution < -0.4 is 10.6 Å². The molecule has 0 bridgehead atoms. The molecule has 0 radical (unpaired) electrons. The Kier molecular flexibility index (Phi) is 5.31. The minimum absolute atomic E-state index is 0.0560. The third-order valence-corrected chi connectivity index (χ3v) is 2.37. The Labute approximate surface area is 105 Å². The Hall–Kier alpha value is -1.89. The Morgan fingerprint density at radius 1 is 1.50 bits per heavy atom. The summed E-state index contributed by atoms with van der Waals surface area (Å²) < 4.78 is 1.76. The van der Waals surface area contributed by atoms with Crippen molar-refractivity contribution in [2.75, 3.05) is 6.54 Å². The van der Waals surface area contributed by atoms with Gasteiger partial charge in [0.15, 0.2) is 0 Å². The second-order valence-corrected chi connectivity index (χ2v) is 4.13. The number of carboxylic acids is 1. The SMILES string of the molecule is CC(=O)NC(CNC(C)Cn1cccn1)C(=O)O. The van der Waals surface area contributed by atoms with Crippen molar-refractivity contribution in [3.05, 3.63) is 18.5 Å². The van der Waals surface area contributed by atoms with E-state index in [1.807, 2.05) is 19.2 Å². The normalized spacial score (nSPS) is 13.9. The lowest BCUT2D eigenvalue weighted by atomic mass is 10.2. The van der Waals surface area contributed by atoms with Gasteiger partial charge in [0.2, 0.25) is 5.91 Å². The lowest BCUT2D eigenvalue weighted by Crippen LogP contribution is -2.48. The van der Waals surface area contributed by atoms with Crippen LogP contribution >= 0.6 is 0 Å². The van der Waals surface area contributed by atoms with E-state index >= 15 is 0 Å². The molecule has 1 amide bonds. The highest BCUT2D eigenvalue weighted by atomic mass is 16.4. The second-order valence-electron chi connectivity index (χ2n) is 4.13. The summed E-state index contributed by atoms with van der Waals surface area (Å²) in [6.45, 7) is 4.04. The van der Waals surface area contributed by atoms with E-state index in [0.717, 1.165) is 0 Å². The maximum absolute atomic E-state index is 10.9. The molecule has 2 atom stereocenters. The molecule has 0 spiro atoms. The van der Waals surface area contributed by atoms with Gasteiger partial charge in [-0.3, -0.25) is 9.48 Å². The van der Waals surface area contributed by atoms with E-state index < -0.39 is 12.0 Å². The van der Waals surface area contributed by atoms with Crippen LogP contribution in [0.25, 0.3) is 0 Å². The quantitative estimate of drug-likeness (QED) is 0.606. The zero-order valence-corrected chi connectivity index (χ0v) is 10.5. The maximum atomic E-state index is 10.9. The summed E-state index contributed by atoms with van der Waals surface area (Å²) in [4.78, 5) is 21.7. The molecule has 0 aliphatic heterocycles. The second kappa shape index (κ2) is 6.75. The molecule has 1 rings (SSSR count). The molecule has 2 unspecified atom stereocenters. The molecule has 7 nitrogen and oxygen atoms in total. The molecule has 1 aromatic rings. The van der Waals surface area contributed by atoms with Gasteiger partial charge in [-0.25, -0.2) is 4.79 Å². The zero-order chi connectivity index (χ0) is 13.5. The molecule has 100 valence electrons. The Balaban J connectivity index is 2.37. The van der Waals surface area contributed by atoms with Gasteiger partial charge < -0.3 is 15.7 Å². The summed E-state index contributed by atoms with van der Waals surface area (Å²) in [7, 11) is 0. The minimum Gasteiger partial charge on any atom is -0.480 e. The number of carboxylic acid groups (broad SMARTS) is 1. The van der Waals surface area contributed by atoms with Crippen LogP contribution in [0, 0.1) is 0 Å². The minimum atomic E-state index is -1.05. The Morgan fingerprint density at radius 2 is 2.22 bits per heavy atom. The number of aliphatic carboxylic acids is 1. The van der Waals surface area contributed by atoms with Crippen LogP contribution in [0.1, 0.15) is 13.8 Å². The molecule has 0 aliphatic rings. The van der Waals surface area contributed by atoms with Gasteiger partial charge in [-0.05, 0) is 13.0 Å². The molecule has 1 aromatic heterocycles. The van der Waals surface area contributed by atoms with Gasteiger partial charge in [0.1, 0.15) is 6.04 Å². The number of hydrogen-bond donors (Lipinski definition) is 3. The van der Waals surface area contributed by atoms with Gasteiger partial charge in [-0.1, -0.05) is 0 Å². The zero-order valence-electron chi connectivity index (χ0n) is 10.5. The van der Waals surface area contributed by atoms with Crippen LogP contribution in [0.4, 0.5) is 0 Å². The number of aromatic nitrogens is 2. The molecule has 3 N–H and O–H groups in total. The van der Waals surface area contributed by atoms with E-state index in [1.54, 1.807) is 10.9 Å². The number of amides is 1. The summed E-state index contributed by atoms with van der Waals surface area (Å²) in [5.41, 5.74) is 0. The van der Waals surface area contributed by atoms with Gasteiger partial charge in [0.25, 0.3) is 0 Å². The average Bonchev–Trinajstić information content (AvgIpc) is 2.76. The fraction of sp³-hybridized carbons (Fsp3) is 0.545. The molecule has 0 aliphatic carbocycles. The highest BCUT2D eigenvalue weighted by molar-refractivity contribution is 5.82. The molecule has 0 aromatic carbocycles. The highest BCUT2D eigenvalue weighted by Crippen LogP contribution is 1.92. The number of nitrogens with one attached hydrogen (secondary N) is 2. The average molecular weight is 254 g/mol. The van der Waals surface area contributed by atoms with E-state index in [0.29, 0.717) is 6.54 Å². The van der Waals surface area contributed by atoms with Crippen molar-refractivity contribution in [3.8, 4) is 0 Å². The summed E-state index contributed by atoms with van der Waals surface area (Å²) in [6.07, 6.45) is 3.52. The van der Waals surface area contributed by atoms with Crippen molar-refractivity contribution in [2.45, 2.75) is 32.5 Å². The van der Waals surface area contributed by atoms with Crippen molar-refractivity contribution in [1.29, 1.82) is 0 Å². The first-order chi connectivity index (χ1) is 8.49. The molecule has 0 fully saturated rings. The molecule has 18 heavy (non-hydrogen) atoms. The lowest BCUT2D eigenvalue weighted by molar-refractivity contribution is -0.141. The largest absolute Gasteiger partial charge is 0.480 e. The first-order valence-electron chi connectivity index (χ1n) is 5.69. The number of nitrogens with zero attached hydrogens (tertiary/aromatic N) is 2. The van der Waals surface area contributed by atoms with Crippen LogP contribution in [0.15, 0.2) is 18.5 Å². The topological polar surface area (TPSA) is 96.3 Å². The van der Waals surface area contributed by atoms with E-state index in [4.69, 9.17) is 5.11 Å². The first kappa shape index (κ1) is 14.2. The van der Waals surface area contributed by atoms with Crippen molar-refractivity contribution >= 4 is 11.9 Å². The molecular formula is C11H18N4O3. The standard InChI is InChI=1S/C11H18N4O3/c1-8(7-15-5-3-4-13-15)12-6-10(11(17)18)14-9(2)16/h3-5,8,10,12H,6-7H2,1-2H3,(H,14,16)(H,17,18). The van der Waals surface area contributed by atoms with Crippen LogP contribution in [-0.4, -0.2) is 45.4 Å². The molecule has 0 saturated heterocycles. The summed E-state index contributed by atoms with van der Waals surface area (Å²) >= 11 is 0. The maximum Gasteiger partial charge on any atom is 0.327 e. The first-order valence-corrected chi connectivity index (χ1v) is 5.69. The van der Waals surface area contributed by atoms with Crippen molar-refractivity contribution < 1.29 is 14.7 Å². The molecule has 7 heteroatoms. The van der Waals surface area contributed by atoms with Crippen LogP contribution in [-0.2, 0) is 16.1 Å². The van der Waals surface area contributed by atoms with E-state index in [-0.39, 0.29) is 18.5 Å². The van der Waals surface area contributed by atoms with E-state index in [1.165, 1.54) is 6.92 Å². The summed E-state index contributed by atoms with van der Waals surface area (Å²) in [5.74, 6) is -1.41. The van der Waals surface area contributed by atoms with Gasteiger partial charge >= 0.3 is 5.97 Å². The molecular weight excluding hydrogens is 236 g/mol. The van der Waals surface area contributed by atoms with Crippen LogP contribution in [0.3, 0.4) is 0 Å². The molecule has 0 saturated carbocycles. The predicted molar refractivity (Wildman–Crippen MR) is 64.9 cm³/mol. The fourth-order valence-corrected chi connectivity index (χ4v) is 1.52. The third kappa shape index (κ3) is 4.96. The van der Waals surface area contributed by atoms with E-state index in [9.17, 15) is 9.59 Å². The van der Waals surface area contributed by atoms with Crippen molar-refractivity contribution in [2.24, 2.45) is 0 Å². The van der Waals surface area contributed by atoms with Gasteiger partial charge in [0, 0.05) is 31.9 Å². The highest BCUT2D eigenvalue weighted by Gasteiger charge is 2.18. The molecule has 1 heterocycles. The summed E-state index contributed by atoms with van der Waals surface area (Å²) in [5, 5.41) is 18.4. The van der Waals surface area contributed by atoms with Gasteiger partial charge in [0.05, 0.1) is 6.54 Å². The predicted octanol–water partition coefficient (Wildman–Crippen LogP) is -0.549. The number of hydrogen-bond acceptors (Lipinski definition) is 4. The van der Waals surface area contributed by atoms with Crippen LogP contribution in [0.5, 0.6) is 0 Å². The number of carbonyl (C=O) groups excluding carboxylic acids is 1. The Bertz CT molecular complexity index is 391.